The molecule has 424 valence electrons. The number of allylic oxidation sites excluding steroid dienone is 14. The second kappa shape index (κ2) is 54.5. The number of aliphatic hydroxyl groups excluding tert-OH is 1. The second-order valence-electron chi connectivity index (χ2n) is 21.7. The van der Waals surface area contributed by atoms with Crippen LogP contribution in [0.15, 0.2) is 85.1 Å². The summed E-state index contributed by atoms with van der Waals surface area (Å²) in [6.45, 7) is 4.60. The van der Waals surface area contributed by atoms with Gasteiger partial charge in [0.25, 0.3) is 7.82 Å². The molecule has 73 heavy (non-hydrogen) atoms. The Morgan fingerprint density at radius 2 is 0.836 bits per heavy atom. The van der Waals surface area contributed by atoms with Crippen molar-refractivity contribution in [2.75, 3.05) is 40.9 Å². The molecule has 0 fully saturated rings. The van der Waals surface area contributed by atoms with Crippen molar-refractivity contribution in [3.63, 3.8) is 0 Å². The zero-order chi connectivity index (χ0) is 53.5. The van der Waals surface area contributed by atoms with Crippen LogP contribution in [0.25, 0.3) is 0 Å². The fourth-order valence-corrected chi connectivity index (χ4v) is 9.39. The van der Waals surface area contributed by atoms with Gasteiger partial charge in [-0.1, -0.05) is 272 Å². The van der Waals surface area contributed by atoms with Crippen LogP contribution >= 0.6 is 7.82 Å². The van der Waals surface area contributed by atoms with Gasteiger partial charge in [-0.3, -0.25) is 9.36 Å². The van der Waals surface area contributed by atoms with Gasteiger partial charge >= 0.3 is 0 Å². The normalized spacial score (nSPS) is 14.5. The van der Waals surface area contributed by atoms with E-state index in [9.17, 15) is 19.4 Å². The smallest absolute Gasteiger partial charge is 0.268 e. The standard InChI is InChI=1S/C64H117N2O6P/c1-6-8-10-12-14-16-18-20-22-24-26-28-30-32-34-35-37-39-41-43-45-47-49-51-53-55-57-63(67)62(61-72-73(69,70)71-60-59-66(3,4)5)65-64(68)58-56-54-52-50-48-46-44-42-40-38-36-33-31-29-27-25-23-21-19-17-15-13-11-9-7-2/h9,11,15,17,21,23,27,29,33,36,40,42,46,48,62-63,67H,6-8,10,12-14,16,18-20,22,24-26,28,30-32,34-35,37-39,41,43-45,47,49-61H2,1-5H3,(H-,65,68,69,70)/b11-9-,17-15-,23-21-,29-27-,36-33-,42-40-,48-46-. The minimum Gasteiger partial charge on any atom is -0.756 e. The molecule has 0 aliphatic heterocycles. The minimum absolute atomic E-state index is 0.00113. The summed E-state index contributed by atoms with van der Waals surface area (Å²) < 4.78 is 23.4. The molecule has 0 spiro atoms. The quantitative estimate of drug-likeness (QED) is 0.0272. The first-order chi connectivity index (χ1) is 35.5. The summed E-state index contributed by atoms with van der Waals surface area (Å²) in [5, 5.41) is 14.0. The molecule has 9 heteroatoms. The van der Waals surface area contributed by atoms with Gasteiger partial charge in [0.15, 0.2) is 0 Å². The third-order valence-electron chi connectivity index (χ3n) is 13.4. The highest BCUT2D eigenvalue weighted by atomic mass is 31.2. The molecule has 0 saturated carbocycles. The van der Waals surface area contributed by atoms with E-state index in [2.05, 4.69) is 104 Å². The molecular weight excluding hydrogens is 924 g/mol. The van der Waals surface area contributed by atoms with E-state index < -0.39 is 20.0 Å². The Balaban J connectivity index is 4.23. The lowest BCUT2D eigenvalue weighted by Gasteiger charge is -2.30. The molecule has 0 heterocycles. The van der Waals surface area contributed by atoms with Crippen LogP contribution in [0.5, 0.6) is 0 Å². The van der Waals surface area contributed by atoms with E-state index in [0.29, 0.717) is 23.9 Å². The van der Waals surface area contributed by atoms with Crippen molar-refractivity contribution >= 4 is 13.7 Å². The lowest BCUT2D eigenvalue weighted by atomic mass is 10.0. The maximum absolute atomic E-state index is 13.0. The van der Waals surface area contributed by atoms with Gasteiger partial charge in [-0.05, 0) is 70.6 Å². The van der Waals surface area contributed by atoms with Crippen molar-refractivity contribution in [2.24, 2.45) is 0 Å². The number of quaternary nitrogens is 1. The first kappa shape index (κ1) is 70.7. The van der Waals surface area contributed by atoms with Crippen LogP contribution in [0.4, 0.5) is 0 Å². The van der Waals surface area contributed by atoms with E-state index in [0.717, 1.165) is 89.9 Å². The van der Waals surface area contributed by atoms with E-state index in [1.165, 1.54) is 148 Å². The second-order valence-corrected chi connectivity index (χ2v) is 23.1. The van der Waals surface area contributed by atoms with E-state index in [1.54, 1.807) is 0 Å². The topological polar surface area (TPSA) is 108 Å². The largest absolute Gasteiger partial charge is 0.756 e. The summed E-state index contributed by atoms with van der Waals surface area (Å²) in [4.78, 5) is 25.6. The Bertz CT molecular complexity index is 1460. The Morgan fingerprint density at radius 3 is 1.21 bits per heavy atom. The molecule has 0 aromatic heterocycles. The molecule has 8 nitrogen and oxygen atoms in total. The van der Waals surface area contributed by atoms with Crippen LogP contribution in [0.3, 0.4) is 0 Å². The Kier molecular flexibility index (Phi) is 52.7. The Morgan fingerprint density at radius 1 is 0.493 bits per heavy atom. The molecular formula is C64H117N2O6P. The van der Waals surface area contributed by atoms with Crippen molar-refractivity contribution in [2.45, 2.75) is 276 Å². The summed E-state index contributed by atoms with van der Waals surface area (Å²) in [7, 11) is 1.27. The first-order valence-corrected chi connectivity index (χ1v) is 31.9. The number of nitrogens with one attached hydrogen (secondary N) is 1. The van der Waals surface area contributed by atoms with Crippen LogP contribution in [0, 0.1) is 0 Å². The van der Waals surface area contributed by atoms with Crippen LogP contribution in [-0.4, -0.2) is 68.5 Å². The van der Waals surface area contributed by atoms with Gasteiger partial charge in [0, 0.05) is 6.42 Å². The number of aliphatic hydroxyl groups is 1. The van der Waals surface area contributed by atoms with Gasteiger partial charge in [0.05, 0.1) is 39.9 Å². The van der Waals surface area contributed by atoms with Crippen LogP contribution < -0.4 is 10.2 Å². The molecule has 0 bridgehead atoms. The lowest BCUT2D eigenvalue weighted by molar-refractivity contribution is -0.870. The number of likely N-dealkylation sites (N-methyl/N-ethyl adjacent to an activating group) is 1. The van der Waals surface area contributed by atoms with Crippen molar-refractivity contribution in [1.29, 1.82) is 0 Å². The fraction of sp³-hybridized carbons (Fsp3) is 0.766. The SMILES string of the molecule is CC/C=C\C/C=C\C/C=C\C/C=C\C/C=C\C/C=C\C/C=C\CCCCCC(=O)NC(COP(=O)([O-])OCC[N+](C)(C)C)C(O)CCCCCCCCCCCCCCCCCCCCCCCCCCCC. The van der Waals surface area contributed by atoms with Crippen molar-refractivity contribution < 1.29 is 32.9 Å². The van der Waals surface area contributed by atoms with E-state index in [1.807, 2.05) is 21.1 Å². The maximum Gasteiger partial charge on any atom is 0.268 e. The number of carbonyl (C=O) groups is 1. The predicted octanol–water partition coefficient (Wildman–Crippen LogP) is 18.2. The predicted molar refractivity (Wildman–Crippen MR) is 316 cm³/mol. The molecule has 2 N–H and O–H groups in total. The van der Waals surface area contributed by atoms with Crippen molar-refractivity contribution in [3.8, 4) is 0 Å². The molecule has 3 atom stereocenters. The highest BCUT2D eigenvalue weighted by Crippen LogP contribution is 2.38. The molecule has 1 amide bonds. The molecule has 0 rings (SSSR count). The van der Waals surface area contributed by atoms with Crippen LogP contribution in [0.2, 0.25) is 0 Å². The zero-order valence-electron chi connectivity index (χ0n) is 48.3. The summed E-state index contributed by atoms with van der Waals surface area (Å²) in [6, 6.07) is -0.826. The van der Waals surface area contributed by atoms with Gasteiger partial charge in [-0.15, -0.1) is 0 Å². The lowest BCUT2D eigenvalue weighted by Crippen LogP contribution is -2.46. The monoisotopic (exact) mass is 1040 g/mol. The van der Waals surface area contributed by atoms with E-state index in [-0.39, 0.29) is 19.1 Å². The number of nitrogens with zero attached hydrogens (tertiary/aromatic N) is 1. The first-order valence-electron chi connectivity index (χ1n) is 30.4. The summed E-state index contributed by atoms with van der Waals surface area (Å²) in [5.41, 5.74) is 0. The third kappa shape index (κ3) is 57.2. The summed E-state index contributed by atoms with van der Waals surface area (Å²) in [5.74, 6) is -0.197. The molecule has 0 aromatic carbocycles. The molecule has 0 saturated heterocycles. The molecule has 0 radical (unpaired) electrons. The Labute approximate surface area is 452 Å². The average Bonchev–Trinajstić information content (AvgIpc) is 3.35. The van der Waals surface area contributed by atoms with Crippen molar-refractivity contribution in [1.82, 2.24) is 5.32 Å². The third-order valence-corrected chi connectivity index (χ3v) is 14.4. The van der Waals surface area contributed by atoms with E-state index >= 15 is 0 Å². The summed E-state index contributed by atoms with van der Waals surface area (Å²) >= 11 is 0. The molecule has 3 unspecified atom stereocenters. The molecule has 0 aliphatic rings. The van der Waals surface area contributed by atoms with Crippen molar-refractivity contribution in [3.05, 3.63) is 85.1 Å². The number of phosphoric acid groups is 1. The molecule has 0 aromatic rings. The van der Waals surface area contributed by atoms with Gasteiger partial charge in [0.1, 0.15) is 13.2 Å². The number of rotatable bonds is 55. The maximum atomic E-state index is 13.0. The summed E-state index contributed by atoms with van der Waals surface area (Å²) in [6.07, 6.45) is 76.3. The van der Waals surface area contributed by atoms with Gasteiger partial charge < -0.3 is 28.8 Å². The van der Waals surface area contributed by atoms with Gasteiger partial charge in [-0.2, -0.15) is 0 Å². The number of phosphoric ester groups is 1. The number of hydrogen-bond acceptors (Lipinski definition) is 6. The van der Waals surface area contributed by atoms with Crippen LogP contribution in [0.1, 0.15) is 264 Å². The number of hydrogen-bond donors (Lipinski definition) is 2. The number of carbonyl (C=O) groups excluding carboxylic acids is 1. The highest BCUT2D eigenvalue weighted by Gasteiger charge is 2.24. The van der Waals surface area contributed by atoms with Gasteiger partial charge in [0.2, 0.25) is 5.91 Å². The highest BCUT2D eigenvalue weighted by molar-refractivity contribution is 7.45. The van der Waals surface area contributed by atoms with Crippen LogP contribution in [-0.2, 0) is 18.4 Å². The van der Waals surface area contributed by atoms with E-state index in [4.69, 9.17) is 9.05 Å². The fourth-order valence-electron chi connectivity index (χ4n) is 8.67. The number of amides is 1. The minimum atomic E-state index is -4.59. The average molecular weight is 1040 g/mol. The van der Waals surface area contributed by atoms with Gasteiger partial charge in [-0.25, -0.2) is 0 Å². The Hall–Kier alpha value is -2.32. The number of unbranched alkanes of at least 4 members (excludes halogenated alkanes) is 28. The zero-order valence-corrected chi connectivity index (χ0v) is 49.2. The molecule has 0 aliphatic carbocycles.